The van der Waals surface area contributed by atoms with Gasteiger partial charge in [-0.15, -0.1) is 0 Å². The Morgan fingerprint density at radius 1 is 1.58 bits per heavy atom. The Morgan fingerprint density at radius 3 is 2.83 bits per heavy atom. The Labute approximate surface area is 73.7 Å². The molecule has 0 radical (unpaired) electrons. The highest BCUT2D eigenvalue weighted by atomic mass is 16.5. The van der Waals surface area contributed by atoms with Gasteiger partial charge in [-0.3, -0.25) is 0 Å². The van der Waals surface area contributed by atoms with Crippen molar-refractivity contribution in [1.82, 2.24) is 0 Å². The predicted octanol–water partition coefficient (Wildman–Crippen LogP) is 0.951. The molecule has 3 nitrogen and oxygen atoms in total. The number of hydrogen-bond acceptors (Lipinski definition) is 3. The van der Waals surface area contributed by atoms with Crippen LogP contribution in [-0.4, -0.2) is 36.6 Å². The zero-order valence-electron chi connectivity index (χ0n) is 7.82. The van der Waals surface area contributed by atoms with E-state index < -0.39 is 6.10 Å². The topological polar surface area (TPSA) is 38.7 Å². The highest BCUT2D eigenvalue weighted by Crippen LogP contribution is 2.13. The molecule has 0 aromatic carbocycles. The maximum absolute atomic E-state index is 9.13. The molecule has 1 aliphatic rings. The molecule has 1 heterocycles. The van der Waals surface area contributed by atoms with Gasteiger partial charge in [0.15, 0.2) is 0 Å². The van der Waals surface area contributed by atoms with Crippen LogP contribution in [0.4, 0.5) is 0 Å². The molecule has 0 spiro atoms. The van der Waals surface area contributed by atoms with Crippen molar-refractivity contribution in [2.24, 2.45) is 0 Å². The van der Waals surface area contributed by atoms with Crippen molar-refractivity contribution in [3.63, 3.8) is 0 Å². The highest BCUT2D eigenvalue weighted by molar-refractivity contribution is 4.65. The van der Waals surface area contributed by atoms with Gasteiger partial charge in [0.2, 0.25) is 0 Å². The van der Waals surface area contributed by atoms with Gasteiger partial charge in [-0.2, -0.15) is 0 Å². The molecule has 1 rings (SSSR count). The molecule has 1 N–H and O–H groups in total. The molecule has 0 aliphatic carbocycles. The molecule has 1 fully saturated rings. The lowest BCUT2D eigenvalue weighted by Gasteiger charge is -2.18. The van der Waals surface area contributed by atoms with Gasteiger partial charge in [0.1, 0.15) is 0 Å². The molecule has 72 valence electrons. The summed E-state index contributed by atoms with van der Waals surface area (Å²) in [5.74, 6) is 0. The van der Waals surface area contributed by atoms with E-state index in [0.717, 1.165) is 19.4 Å². The zero-order chi connectivity index (χ0) is 8.97. The summed E-state index contributed by atoms with van der Waals surface area (Å²) in [5.41, 5.74) is 0. The highest BCUT2D eigenvalue weighted by Gasteiger charge is 2.17. The van der Waals surface area contributed by atoms with Crippen LogP contribution in [0.1, 0.15) is 26.7 Å². The van der Waals surface area contributed by atoms with Gasteiger partial charge in [-0.05, 0) is 26.7 Å². The molecule has 3 atom stereocenters. The number of ether oxygens (including phenoxy) is 2. The molecule has 0 aromatic rings. The summed E-state index contributed by atoms with van der Waals surface area (Å²) in [7, 11) is 0. The van der Waals surface area contributed by atoms with Gasteiger partial charge in [0.25, 0.3) is 0 Å². The van der Waals surface area contributed by atoms with Crippen molar-refractivity contribution in [1.29, 1.82) is 0 Å². The summed E-state index contributed by atoms with van der Waals surface area (Å²) in [6.07, 6.45) is 2.00. The summed E-state index contributed by atoms with van der Waals surface area (Å²) < 4.78 is 10.8. The normalized spacial score (nSPS) is 28.8. The lowest BCUT2D eigenvalue weighted by molar-refractivity contribution is -0.0568. The van der Waals surface area contributed by atoms with Crippen LogP contribution in [0.2, 0.25) is 0 Å². The fourth-order valence-corrected chi connectivity index (χ4v) is 1.17. The van der Waals surface area contributed by atoms with Crippen molar-refractivity contribution in [3.05, 3.63) is 0 Å². The van der Waals surface area contributed by atoms with E-state index in [1.165, 1.54) is 0 Å². The molecule has 0 amide bonds. The minimum atomic E-state index is -0.397. The van der Waals surface area contributed by atoms with E-state index in [1.807, 2.05) is 6.92 Å². The van der Waals surface area contributed by atoms with Gasteiger partial charge >= 0.3 is 0 Å². The average Bonchev–Trinajstić information content (AvgIpc) is 2.51. The van der Waals surface area contributed by atoms with Gasteiger partial charge in [0.05, 0.1) is 24.9 Å². The number of hydrogen-bond donors (Lipinski definition) is 1. The molecular weight excluding hydrogens is 156 g/mol. The summed E-state index contributed by atoms with van der Waals surface area (Å²) in [5, 5.41) is 9.13. The van der Waals surface area contributed by atoms with E-state index in [-0.39, 0.29) is 12.2 Å². The SMILES string of the molecule is CC(OCC1CCCO1)[C@H](C)O. The van der Waals surface area contributed by atoms with Crippen molar-refractivity contribution >= 4 is 0 Å². The minimum absolute atomic E-state index is 0.0887. The Hall–Kier alpha value is -0.120. The third-order valence-corrected chi connectivity index (χ3v) is 2.25. The molecule has 1 aliphatic heterocycles. The van der Waals surface area contributed by atoms with E-state index in [0.29, 0.717) is 6.61 Å². The summed E-state index contributed by atoms with van der Waals surface area (Å²) in [6.45, 7) is 5.09. The fourth-order valence-electron chi connectivity index (χ4n) is 1.17. The van der Waals surface area contributed by atoms with Crippen LogP contribution in [0.15, 0.2) is 0 Å². The van der Waals surface area contributed by atoms with E-state index in [2.05, 4.69) is 0 Å². The Balaban J connectivity index is 2.07. The second-order valence-corrected chi connectivity index (χ2v) is 3.41. The maximum atomic E-state index is 9.13. The zero-order valence-corrected chi connectivity index (χ0v) is 7.82. The molecule has 1 saturated heterocycles. The van der Waals surface area contributed by atoms with Crippen LogP contribution >= 0.6 is 0 Å². The Kier molecular flexibility index (Phi) is 3.98. The lowest BCUT2D eigenvalue weighted by Crippen LogP contribution is -2.27. The van der Waals surface area contributed by atoms with Gasteiger partial charge in [-0.25, -0.2) is 0 Å². The average molecular weight is 174 g/mol. The second kappa shape index (κ2) is 4.80. The van der Waals surface area contributed by atoms with E-state index in [9.17, 15) is 0 Å². The molecule has 2 unspecified atom stereocenters. The van der Waals surface area contributed by atoms with Crippen molar-refractivity contribution in [2.45, 2.75) is 45.0 Å². The third kappa shape index (κ3) is 3.09. The van der Waals surface area contributed by atoms with E-state index in [4.69, 9.17) is 14.6 Å². The molecule has 0 aromatic heterocycles. The minimum Gasteiger partial charge on any atom is -0.391 e. The van der Waals surface area contributed by atoms with E-state index >= 15 is 0 Å². The fraction of sp³-hybridized carbons (Fsp3) is 1.00. The van der Waals surface area contributed by atoms with Gasteiger partial charge in [-0.1, -0.05) is 0 Å². The largest absolute Gasteiger partial charge is 0.391 e. The van der Waals surface area contributed by atoms with Crippen LogP contribution in [-0.2, 0) is 9.47 Å². The van der Waals surface area contributed by atoms with Crippen LogP contribution in [0, 0.1) is 0 Å². The molecular formula is C9H18O3. The molecule has 12 heavy (non-hydrogen) atoms. The number of aliphatic hydroxyl groups excluding tert-OH is 1. The monoisotopic (exact) mass is 174 g/mol. The van der Waals surface area contributed by atoms with Crippen LogP contribution in [0.5, 0.6) is 0 Å². The first-order chi connectivity index (χ1) is 5.70. The van der Waals surface area contributed by atoms with Crippen molar-refractivity contribution < 1.29 is 14.6 Å². The second-order valence-electron chi connectivity index (χ2n) is 3.41. The first-order valence-corrected chi connectivity index (χ1v) is 4.61. The van der Waals surface area contributed by atoms with Crippen molar-refractivity contribution in [3.8, 4) is 0 Å². The van der Waals surface area contributed by atoms with Crippen molar-refractivity contribution in [2.75, 3.05) is 13.2 Å². The van der Waals surface area contributed by atoms with Crippen LogP contribution < -0.4 is 0 Å². The third-order valence-electron chi connectivity index (χ3n) is 2.25. The maximum Gasteiger partial charge on any atom is 0.0809 e. The Morgan fingerprint density at radius 2 is 2.33 bits per heavy atom. The van der Waals surface area contributed by atoms with Crippen LogP contribution in [0.25, 0.3) is 0 Å². The van der Waals surface area contributed by atoms with E-state index in [1.54, 1.807) is 6.92 Å². The number of aliphatic hydroxyl groups is 1. The molecule has 0 bridgehead atoms. The van der Waals surface area contributed by atoms with Gasteiger partial charge in [0, 0.05) is 6.61 Å². The predicted molar refractivity (Wildman–Crippen MR) is 46.1 cm³/mol. The first kappa shape index (κ1) is 9.96. The van der Waals surface area contributed by atoms with Gasteiger partial charge < -0.3 is 14.6 Å². The van der Waals surface area contributed by atoms with Crippen LogP contribution in [0.3, 0.4) is 0 Å². The molecule has 0 saturated carbocycles. The first-order valence-electron chi connectivity index (χ1n) is 4.61. The summed E-state index contributed by atoms with van der Waals surface area (Å²) in [6, 6.07) is 0. The standard InChI is InChI=1S/C9H18O3/c1-7(10)8(2)12-6-9-4-3-5-11-9/h7-10H,3-6H2,1-2H3/t7-,8?,9?/m0/s1. The Bertz CT molecular complexity index is 117. The molecule has 3 heteroatoms. The summed E-state index contributed by atoms with van der Waals surface area (Å²) >= 11 is 0. The lowest BCUT2D eigenvalue weighted by atomic mass is 10.2. The quantitative estimate of drug-likeness (QED) is 0.689. The summed E-state index contributed by atoms with van der Waals surface area (Å²) in [4.78, 5) is 0. The smallest absolute Gasteiger partial charge is 0.0809 e. The number of rotatable bonds is 4.